The molecule has 0 aliphatic rings. The van der Waals surface area contributed by atoms with Crippen LogP contribution in [-0.4, -0.2) is 23.1 Å². The van der Waals surface area contributed by atoms with Gasteiger partial charge in [-0.05, 0) is 48.2 Å². The maximum absolute atomic E-state index is 13.6. The minimum Gasteiger partial charge on any atom is -0.481 e. The monoisotopic (exact) mass is 319 g/mol. The van der Waals surface area contributed by atoms with Crippen LogP contribution in [0.2, 0.25) is 0 Å². The van der Waals surface area contributed by atoms with Gasteiger partial charge in [0.1, 0.15) is 5.82 Å². The van der Waals surface area contributed by atoms with Crippen LogP contribution in [0.25, 0.3) is 0 Å². The van der Waals surface area contributed by atoms with Crippen molar-refractivity contribution in [3.05, 3.63) is 58.9 Å². The molecule has 0 aliphatic carbocycles. The highest BCUT2D eigenvalue weighted by Crippen LogP contribution is 2.24. The fourth-order valence-electron chi connectivity index (χ4n) is 2.07. The molecule has 0 radical (unpaired) electrons. The highest BCUT2D eigenvalue weighted by Gasteiger charge is 2.18. The van der Waals surface area contributed by atoms with E-state index in [0.29, 0.717) is 5.56 Å². The molecule has 0 bridgehead atoms. The first-order chi connectivity index (χ1) is 10.4. The summed E-state index contributed by atoms with van der Waals surface area (Å²) in [6, 6.07) is 8.91. The van der Waals surface area contributed by atoms with Crippen LogP contribution in [0.5, 0.6) is 0 Å². The molecule has 0 saturated heterocycles. The summed E-state index contributed by atoms with van der Waals surface area (Å²) in [6.45, 7) is 0. The number of carboxylic acid groups (broad SMARTS) is 1. The summed E-state index contributed by atoms with van der Waals surface area (Å²) in [5.74, 6) is -2.26. The minimum absolute atomic E-state index is 0.00254. The van der Waals surface area contributed by atoms with E-state index >= 15 is 0 Å². The average Bonchev–Trinajstić information content (AvgIpc) is 2.49. The quantitative estimate of drug-likeness (QED) is 0.503. The molecule has 0 fully saturated rings. The van der Waals surface area contributed by atoms with Crippen molar-refractivity contribution in [2.45, 2.75) is 11.3 Å². The summed E-state index contributed by atoms with van der Waals surface area (Å²) in [7, 11) is 0. The van der Waals surface area contributed by atoms with Crippen LogP contribution in [0.15, 0.2) is 41.3 Å². The SMILES string of the molecule is CSc1ccc(C(=O)c2cc(F)cc(CC(=O)O)c2N)cc1. The second kappa shape index (κ2) is 6.62. The summed E-state index contributed by atoms with van der Waals surface area (Å²) in [6.07, 6.45) is 1.48. The maximum Gasteiger partial charge on any atom is 0.307 e. The molecule has 3 N–H and O–H groups in total. The second-order valence-corrected chi connectivity index (χ2v) is 5.53. The van der Waals surface area contributed by atoms with Gasteiger partial charge in [0.05, 0.1) is 6.42 Å². The average molecular weight is 319 g/mol. The first-order valence-electron chi connectivity index (χ1n) is 6.41. The lowest BCUT2D eigenvalue weighted by Crippen LogP contribution is -2.11. The number of rotatable bonds is 5. The van der Waals surface area contributed by atoms with Gasteiger partial charge < -0.3 is 10.8 Å². The number of nitrogen functional groups attached to an aromatic ring is 1. The Morgan fingerprint density at radius 3 is 2.41 bits per heavy atom. The zero-order valence-electron chi connectivity index (χ0n) is 11.8. The first kappa shape index (κ1) is 16.0. The molecule has 22 heavy (non-hydrogen) atoms. The van der Waals surface area contributed by atoms with Gasteiger partial charge in [0, 0.05) is 21.7 Å². The number of carbonyl (C=O) groups excluding carboxylic acids is 1. The fourth-order valence-corrected chi connectivity index (χ4v) is 2.48. The Kier molecular flexibility index (Phi) is 4.82. The lowest BCUT2D eigenvalue weighted by molar-refractivity contribution is -0.136. The lowest BCUT2D eigenvalue weighted by atomic mass is 9.97. The summed E-state index contributed by atoms with van der Waals surface area (Å²) in [5.41, 5.74) is 6.29. The number of carbonyl (C=O) groups is 2. The van der Waals surface area contributed by atoms with Crippen molar-refractivity contribution >= 4 is 29.2 Å². The number of thioether (sulfide) groups is 1. The predicted molar refractivity (Wildman–Crippen MR) is 83.8 cm³/mol. The van der Waals surface area contributed by atoms with Crippen molar-refractivity contribution in [2.75, 3.05) is 12.0 Å². The molecule has 0 heterocycles. The Morgan fingerprint density at radius 1 is 1.23 bits per heavy atom. The standard InChI is InChI=1S/C16H14FNO3S/c1-22-12-4-2-9(3-5-12)16(21)13-8-11(17)6-10(15(13)18)7-14(19)20/h2-6,8H,7,18H2,1H3,(H,19,20). The van der Waals surface area contributed by atoms with E-state index in [4.69, 9.17) is 10.8 Å². The Balaban J connectivity index is 2.44. The molecule has 0 atom stereocenters. The molecule has 2 aromatic rings. The molecule has 0 aliphatic heterocycles. The van der Waals surface area contributed by atoms with Gasteiger partial charge >= 0.3 is 5.97 Å². The Hall–Kier alpha value is -2.34. The Morgan fingerprint density at radius 2 is 1.86 bits per heavy atom. The van der Waals surface area contributed by atoms with Crippen molar-refractivity contribution in [3.8, 4) is 0 Å². The molecule has 0 spiro atoms. The second-order valence-electron chi connectivity index (χ2n) is 4.65. The highest BCUT2D eigenvalue weighted by molar-refractivity contribution is 7.98. The summed E-state index contributed by atoms with van der Waals surface area (Å²) in [4.78, 5) is 24.2. The van der Waals surface area contributed by atoms with Gasteiger partial charge in [0.25, 0.3) is 0 Å². The van der Waals surface area contributed by atoms with E-state index in [-0.39, 0.29) is 16.8 Å². The number of aliphatic carboxylic acids is 1. The van der Waals surface area contributed by atoms with E-state index in [9.17, 15) is 14.0 Å². The largest absolute Gasteiger partial charge is 0.481 e. The molecule has 0 aromatic heterocycles. The normalized spacial score (nSPS) is 10.5. The number of carboxylic acids is 1. The topological polar surface area (TPSA) is 80.4 Å². The summed E-state index contributed by atoms with van der Waals surface area (Å²) in [5, 5.41) is 8.82. The fraction of sp³-hybridized carbons (Fsp3) is 0.125. The number of hydrogen-bond acceptors (Lipinski definition) is 4. The van der Waals surface area contributed by atoms with Crippen molar-refractivity contribution in [3.63, 3.8) is 0 Å². The van der Waals surface area contributed by atoms with Gasteiger partial charge in [0.2, 0.25) is 0 Å². The molecule has 0 amide bonds. The minimum atomic E-state index is -1.14. The molecule has 2 aromatic carbocycles. The first-order valence-corrected chi connectivity index (χ1v) is 7.63. The molecule has 0 saturated carbocycles. The number of ketones is 1. The lowest BCUT2D eigenvalue weighted by Gasteiger charge is -2.10. The molecular formula is C16H14FNO3S. The zero-order chi connectivity index (χ0) is 16.3. The molecule has 4 nitrogen and oxygen atoms in total. The van der Waals surface area contributed by atoms with Gasteiger partial charge in [0.15, 0.2) is 5.78 Å². The maximum atomic E-state index is 13.6. The van der Waals surface area contributed by atoms with Crippen LogP contribution in [-0.2, 0) is 11.2 Å². The van der Waals surface area contributed by atoms with E-state index in [2.05, 4.69) is 0 Å². The molecule has 6 heteroatoms. The van der Waals surface area contributed by atoms with Crippen LogP contribution in [0.1, 0.15) is 21.5 Å². The molecule has 114 valence electrons. The van der Waals surface area contributed by atoms with Gasteiger partial charge in [-0.1, -0.05) is 0 Å². The van der Waals surface area contributed by atoms with Crippen LogP contribution in [0, 0.1) is 5.82 Å². The molecule has 0 unspecified atom stereocenters. The smallest absolute Gasteiger partial charge is 0.307 e. The summed E-state index contributed by atoms with van der Waals surface area (Å²) < 4.78 is 13.6. The van der Waals surface area contributed by atoms with E-state index in [1.54, 1.807) is 24.3 Å². The number of benzene rings is 2. The van der Waals surface area contributed by atoms with Crippen LogP contribution >= 0.6 is 11.8 Å². The van der Waals surface area contributed by atoms with Crippen LogP contribution in [0.4, 0.5) is 10.1 Å². The van der Waals surface area contributed by atoms with Crippen LogP contribution in [0.3, 0.4) is 0 Å². The molecule has 2 rings (SSSR count). The number of nitrogens with two attached hydrogens (primary N) is 1. The van der Waals surface area contributed by atoms with Crippen molar-refractivity contribution < 1.29 is 19.1 Å². The highest BCUT2D eigenvalue weighted by atomic mass is 32.2. The van der Waals surface area contributed by atoms with Crippen molar-refractivity contribution in [2.24, 2.45) is 0 Å². The zero-order valence-corrected chi connectivity index (χ0v) is 12.6. The van der Waals surface area contributed by atoms with E-state index < -0.39 is 24.0 Å². The third kappa shape index (κ3) is 3.46. The van der Waals surface area contributed by atoms with Crippen LogP contribution < -0.4 is 5.73 Å². The van der Waals surface area contributed by atoms with Gasteiger partial charge in [-0.3, -0.25) is 9.59 Å². The number of halogens is 1. The number of anilines is 1. The van der Waals surface area contributed by atoms with Gasteiger partial charge in [-0.2, -0.15) is 0 Å². The predicted octanol–water partition coefficient (Wildman–Crippen LogP) is 2.99. The van der Waals surface area contributed by atoms with E-state index in [1.165, 1.54) is 11.8 Å². The Labute approximate surface area is 131 Å². The summed E-state index contributed by atoms with van der Waals surface area (Å²) >= 11 is 1.54. The number of hydrogen-bond donors (Lipinski definition) is 2. The van der Waals surface area contributed by atoms with Crippen molar-refractivity contribution in [1.29, 1.82) is 0 Å². The van der Waals surface area contributed by atoms with E-state index in [0.717, 1.165) is 17.0 Å². The third-order valence-electron chi connectivity index (χ3n) is 3.17. The third-order valence-corrected chi connectivity index (χ3v) is 3.91. The van der Waals surface area contributed by atoms with Gasteiger partial charge in [-0.15, -0.1) is 11.8 Å². The van der Waals surface area contributed by atoms with Crippen molar-refractivity contribution in [1.82, 2.24) is 0 Å². The Bertz CT molecular complexity index is 729. The molecular weight excluding hydrogens is 305 g/mol. The van der Waals surface area contributed by atoms with E-state index in [1.807, 2.05) is 6.26 Å². The van der Waals surface area contributed by atoms with Gasteiger partial charge in [-0.25, -0.2) is 4.39 Å².